The van der Waals surface area contributed by atoms with E-state index < -0.39 is 5.41 Å². The van der Waals surface area contributed by atoms with Crippen molar-refractivity contribution < 1.29 is 9.18 Å². The molecule has 3 rings (SSSR count). The lowest BCUT2D eigenvalue weighted by molar-refractivity contribution is -0.120. The molecule has 0 saturated heterocycles. The zero-order valence-electron chi connectivity index (χ0n) is 14.4. The van der Waals surface area contributed by atoms with Crippen LogP contribution in [0.4, 0.5) is 15.8 Å². The fraction of sp³-hybridized carbons (Fsp3) is 0.350. The summed E-state index contributed by atoms with van der Waals surface area (Å²) in [6.07, 6.45) is 2.48. The number of carbonyl (C=O) groups is 1. The average Bonchev–Trinajstić information content (AvgIpc) is 2.79. The first-order chi connectivity index (χ1) is 11.4. The minimum Gasteiger partial charge on any atom is -0.378 e. The van der Waals surface area contributed by atoms with Crippen LogP contribution in [0.2, 0.25) is 0 Å². The van der Waals surface area contributed by atoms with Crippen molar-refractivity contribution >= 4 is 17.3 Å². The van der Waals surface area contributed by atoms with Gasteiger partial charge < -0.3 is 10.2 Å². The van der Waals surface area contributed by atoms with Crippen molar-refractivity contribution in [2.45, 2.75) is 31.6 Å². The van der Waals surface area contributed by atoms with E-state index in [2.05, 4.69) is 34.5 Å². The molecule has 0 aliphatic carbocycles. The van der Waals surface area contributed by atoms with Crippen LogP contribution in [0.25, 0.3) is 0 Å². The summed E-state index contributed by atoms with van der Waals surface area (Å²) in [7, 11) is 4.04. The number of anilines is 2. The van der Waals surface area contributed by atoms with Gasteiger partial charge in [0.25, 0.3) is 0 Å². The van der Waals surface area contributed by atoms with E-state index in [1.165, 1.54) is 23.4 Å². The number of benzene rings is 2. The molecule has 24 heavy (non-hydrogen) atoms. The average molecular weight is 326 g/mol. The van der Waals surface area contributed by atoms with Crippen molar-refractivity contribution in [3.8, 4) is 0 Å². The number of fused-ring (bicyclic) bond motifs is 1. The lowest BCUT2D eigenvalue weighted by Crippen LogP contribution is -2.31. The molecule has 0 aromatic heterocycles. The van der Waals surface area contributed by atoms with Gasteiger partial charge in [0.15, 0.2) is 0 Å². The predicted molar refractivity (Wildman–Crippen MR) is 96.1 cm³/mol. The smallest absolute Gasteiger partial charge is 0.234 e. The monoisotopic (exact) mass is 326 g/mol. The SMILES string of the molecule is CN(C)c1ccc(CCCC2(C)C(=O)Nc3ccc(F)cc32)cc1. The summed E-state index contributed by atoms with van der Waals surface area (Å²) >= 11 is 0. The Bertz CT molecular complexity index is 755. The maximum absolute atomic E-state index is 13.6. The molecule has 2 aromatic carbocycles. The number of aryl methyl sites for hydroxylation is 1. The van der Waals surface area contributed by atoms with Gasteiger partial charge in [0.1, 0.15) is 5.82 Å². The van der Waals surface area contributed by atoms with Gasteiger partial charge in [-0.25, -0.2) is 4.39 Å². The maximum atomic E-state index is 13.6. The van der Waals surface area contributed by atoms with Gasteiger partial charge in [-0.2, -0.15) is 0 Å². The van der Waals surface area contributed by atoms with Crippen molar-refractivity contribution in [1.82, 2.24) is 0 Å². The molecule has 1 atom stereocenters. The van der Waals surface area contributed by atoms with Crippen molar-refractivity contribution in [2.24, 2.45) is 0 Å². The Labute approximate surface area is 142 Å². The molecule has 1 N–H and O–H groups in total. The second-order valence-corrected chi connectivity index (χ2v) is 6.89. The number of hydrogen-bond acceptors (Lipinski definition) is 2. The van der Waals surface area contributed by atoms with Crippen LogP contribution in [0.3, 0.4) is 0 Å². The summed E-state index contributed by atoms with van der Waals surface area (Å²) in [5.74, 6) is -0.332. The van der Waals surface area contributed by atoms with E-state index in [1.807, 2.05) is 21.0 Å². The van der Waals surface area contributed by atoms with Gasteiger partial charge >= 0.3 is 0 Å². The molecular weight excluding hydrogens is 303 g/mol. The predicted octanol–water partition coefficient (Wildman–Crippen LogP) is 4.12. The van der Waals surface area contributed by atoms with Crippen molar-refractivity contribution in [1.29, 1.82) is 0 Å². The van der Waals surface area contributed by atoms with E-state index in [1.54, 1.807) is 6.07 Å². The molecule has 2 aromatic rings. The fourth-order valence-corrected chi connectivity index (χ4v) is 3.32. The third-order valence-electron chi connectivity index (χ3n) is 4.92. The maximum Gasteiger partial charge on any atom is 0.234 e. The van der Waals surface area contributed by atoms with E-state index in [9.17, 15) is 9.18 Å². The molecule has 1 heterocycles. The number of nitrogens with zero attached hydrogens (tertiary/aromatic N) is 1. The molecule has 0 bridgehead atoms. The Hall–Kier alpha value is -2.36. The van der Waals surface area contributed by atoms with Gasteiger partial charge in [-0.15, -0.1) is 0 Å². The Morgan fingerprint density at radius 2 is 1.83 bits per heavy atom. The largest absolute Gasteiger partial charge is 0.378 e. The van der Waals surface area contributed by atoms with Gasteiger partial charge in [0.05, 0.1) is 5.41 Å². The van der Waals surface area contributed by atoms with Crippen LogP contribution in [0, 0.1) is 5.82 Å². The molecule has 126 valence electrons. The van der Waals surface area contributed by atoms with Gasteiger partial charge in [-0.1, -0.05) is 12.1 Å². The number of hydrogen-bond donors (Lipinski definition) is 1. The zero-order chi connectivity index (χ0) is 17.3. The van der Waals surface area contributed by atoms with Gasteiger partial charge in [0.2, 0.25) is 5.91 Å². The van der Waals surface area contributed by atoms with E-state index in [0.29, 0.717) is 6.42 Å². The van der Waals surface area contributed by atoms with E-state index in [0.717, 1.165) is 24.1 Å². The fourth-order valence-electron chi connectivity index (χ4n) is 3.32. The zero-order valence-corrected chi connectivity index (χ0v) is 14.4. The van der Waals surface area contributed by atoms with Crippen LogP contribution in [0.15, 0.2) is 42.5 Å². The first-order valence-corrected chi connectivity index (χ1v) is 8.28. The molecule has 0 saturated carbocycles. The molecule has 1 amide bonds. The standard InChI is InChI=1S/C20H23FN2O/c1-20(17-13-15(21)8-11-18(17)22-19(20)24)12-4-5-14-6-9-16(10-7-14)23(2)3/h6-11,13H,4-5,12H2,1-3H3,(H,22,24). The first kappa shape index (κ1) is 16.5. The molecule has 0 fully saturated rings. The summed E-state index contributed by atoms with van der Waals surface area (Å²) in [6, 6.07) is 13.0. The molecule has 1 aliphatic rings. The van der Waals surface area contributed by atoms with Gasteiger partial charge in [-0.3, -0.25) is 4.79 Å². The molecule has 1 aliphatic heterocycles. The lowest BCUT2D eigenvalue weighted by Gasteiger charge is -2.22. The van der Waals surface area contributed by atoms with Crippen LogP contribution in [-0.2, 0) is 16.6 Å². The first-order valence-electron chi connectivity index (χ1n) is 8.28. The minimum atomic E-state index is -0.652. The van der Waals surface area contributed by atoms with Crippen molar-refractivity contribution in [3.63, 3.8) is 0 Å². The Balaban J connectivity index is 1.68. The third kappa shape index (κ3) is 3.01. The second-order valence-electron chi connectivity index (χ2n) is 6.89. The Morgan fingerprint density at radius 1 is 1.12 bits per heavy atom. The summed E-state index contributed by atoms with van der Waals surface area (Å²) in [5.41, 5.74) is 3.28. The van der Waals surface area contributed by atoms with Crippen LogP contribution in [0.5, 0.6) is 0 Å². The number of halogens is 1. The van der Waals surface area contributed by atoms with Crippen LogP contribution in [0.1, 0.15) is 30.9 Å². The highest BCUT2D eigenvalue weighted by Gasteiger charge is 2.42. The highest BCUT2D eigenvalue weighted by Crippen LogP contribution is 2.41. The number of carbonyl (C=O) groups excluding carboxylic acids is 1. The van der Waals surface area contributed by atoms with E-state index in [-0.39, 0.29) is 11.7 Å². The number of rotatable bonds is 5. The summed E-state index contributed by atoms with van der Waals surface area (Å²) in [4.78, 5) is 14.5. The van der Waals surface area contributed by atoms with Crippen LogP contribution in [-0.4, -0.2) is 20.0 Å². The highest BCUT2D eigenvalue weighted by atomic mass is 19.1. The lowest BCUT2D eigenvalue weighted by atomic mass is 9.79. The molecule has 3 nitrogen and oxygen atoms in total. The number of nitrogens with one attached hydrogen (secondary N) is 1. The van der Waals surface area contributed by atoms with E-state index >= 15 is 0 Å². The quantitative estimate of drug-likeness (QED) is 0.896. The third-order valence-corrected chi connectivity index (χ3v) is 4.92. The molecule has 1 unspecified atom stereocenters. The van der Waals surface area contributed by atoms with E-state index in [4.69, 9.17) is 0 Å². The molecular formula is C20H23FN2O. The molecule has 0 radical (unpaired) electrons. The Kier molecular flexibility index (Phi) is 4.31. The normalized spacial score (nSPS) is 19.1. The van der Waals surface area contributed by atoms with Gasteiger partial charge in [-0.05, 0) is 67.6 Å². The summed E-state index contributed by atoms with van der Waals surface area (Å²) in [5, 5.41) is 2.87. The van der Waals surface area contributed by atoms with Crippen molar-refractivity contribution in [3.05, 3.63) is 59.4 Å². The van der Waals surface area contributed by atoms with Crippen LogP contribution >= 0.6 is 0 Å². The topological polar surface area (TPSA) is 32.3 Å². The molecule has 0 spiro atoms. The molecule has 4 heteroatoms. The highest BCUT2D eigenvalue weighted by molar-refractivity contribution is 6.05. The summed E-state index contributed by atoms with van der Waals surface area (Å²) in [6.45, 7) is 1.91. The number of amides is 1. The van der Waals surface area contributed by atoms with Crippen LogP contribution < -0.4 is 10.2 Å². The second kappa shape index (κ2) is 6.27. The van der Waals surface area contributed by atoms with Crippen molar-refractivity contribution in [2.75, 3.05) is 24.3 Å². The van der Waals surface area contributed by atoms with Gasteiger partial charge in [0, 0.05) is 25.5 Å². The minimum absolute atomic E-state index is 0.0361. The summed E-state index contributed by atoms with van der Waals surface area (Å²) < 4.78 is 13.6. The Morgan fingerprint density at radius 3 is 2.50 bits per heavy atom.